The molecule has 1 atom stereocenters. The van der Waals surface area contributed by atoms with Gasteiger partial charge in [-0.05, 0) is 39.3 Å². The number of hydrogen-bond donors (Lipinski definition) is 1. The minimum Gasteiger partial charge on any atom is -0.504 e. The summed E-state index contributed by atoms with van der Waals surface area (Å²) in [5.41, 5.74) is 1.79. The Labute approximate surface area is 130 Å². The van der Waals surface area contributed by atoms with Crippen molar-refractivity contribution in [1.82, 2.24) is 10.1 Å². The van der Waals surface area contributed by atoms with Crippen LogP contribution in [0.5, 0.6) is 11.5 Å². The van der Waals surface area contributed by atoms with E-state index in [0.717, 1.165) is 36.4 Å². The van der Waals surface area contributed by atoms with Crippen LogP contribution in [0.2, 0.25) is 0 Å². The summed E-state index contributed by atoms with van der Waals surface area (Å²) in [4.78, 5) is 2.32. The molecule has 1 saturated heterocycles. The van der Waals surface area contributed by atoms with Crippen LogP contribution in [-0.2, 0) is 6.54 Å². The molecule has 1 unspecified atom stereocenters. The van der Waals surface area contributed by atoms with Gasteiger partial charge in [0.05, 0.1) is 18.3 Å². The molecule has 0 radical (unpaired) electrons. The molecule has 1 aromatic carbocycles. The van der Waals surface area contributed by atoms with Gasteiger partial charge in [-0.3, -0.25) is 4.90 Å². The molecule has 2 heterocycles. The SMILES string of the molecule is CCOc1cccc(CN2CCCC2c2cc(C)no2)c1O. The molecule has 2 aromatic rings. The third kappa shape index (κ3) is 2.95. The van der Waals surface area contributed by atoms with E-state index in [9.17, 15) is 5.11 Å². The number of para-hydroxylation sites is 1. The number of likely N-dealkylation sites (tertiary alicyclic amines) is 1. The van der Waals surface area contributed by atoms with E-state index in [4.69, 9.17) is 9.26 Å². The fraction of sp³-hybridized carbons (Fsp3) is 0.471. The first-order chi connectivity index (χ1) is 10.7. The largest absolute Gasteiger partial charge is 0.504 e. The van der Waals surface area contributed by atoms with Crippen LogP contribution in [0.25, 0.3) is 0 Å². The second-order valence-electron chi connectivity index (χ2n) is 5.70. The van der Waals surface area contributed by atoms with E-state index in [1.165, 1.54) is 0 Å². The molecule has 0 saturated carbocycles. The number of aryl methyl sites for hydroxylation is 1. The van der Waals surface area contributed by atoms with Crippen LogP contribution in [-0.4, -0.2) is 28.3 Å². The molecule has 22 heavy (non-hydrogen) atoms. The summed E-state index contributed by atoms with van der Waals surface area (Å²) in [6.07, 6.45) is 2.18. The monoisotopic (exact) mass is 302 g/mol. The Morgan fingerprint density at radius 1 is 1.45 bits per heavy atom. The number of rotatable bonds is 5. The lowest BCUT2D eigenvalue weighted by Gasteiger charge is -2.23. The average molecular weight is 302 g/mol. The predicted molar refractivity (Wildman–Crippen MR) is 82.9 cm³/mol. The van der Waals surface area contributed by atoms with E-state index in [2.05, 4.69) is 10.1 Å². The van der Waals surface area contributed by atoms with Gasteiger partial charge in [0.1, 0.15) is 0 Å². The number of benzene rings is 1. The van der Waals surface area contributed by atoms with Crippen molar-refractivity contribution in [1.29, 1.82) is 0 Å². The van der Waals surface area contributed by atoms with Crippen LogP contribution in [0, 0.1) is 6.92 Å². The van der Waals surface area contributed by atoms with Gasteiger partial charge < -0.3 is 14.4 Å². The number of aromatic hydroxyl groups is 1. The molecule has 0 spiro atoms. The van der Waals surface area contributed by atoms with Gasteiger partial charge in [-0.1, -0.05) is 17.3 Å². The molecule has 5 nitrogen and oxygen atoms in total. The second kappa shape index (κ2) is 6.40. The van der Waals surface area contributed by atoms with Crippen LogP contribution < -0.4 is 4.74 Å². The van der Waals surface area contributed by atoms with Crippen molar-refractivity contribution < 1.29 is 14.4 Å². The molecule has 1 aliphatic heterocycles. The smallest absolute Gasteiger partial charge is 0.162 e. The zero-order chi connectivity index (χ0) is 15.5. The topological polar surface area (TPSA) is 58.7 Å². The van der Waals surface area contributed by atoms with E-state index >= 15 is 0 Å². The molecule has 0 amide bonds. The summed E-state index contributed by atoms with van der Waals surface area (Å²) in [5.74, 6) is 1.70. The van der Waals surface area contributed by atoms with Gasteiger partial charge in [-0.25, -0.2) is 0 Å². The summed E-state index contributed by atoms with van der Waals surface area (Å²) in [5, 5.41) is 14.3. The third-order valence-electron chi connectivity index (χ3n) is 4.09. The van der Waals surface area contributed by atoms with Crippen molar-refractivity contribution >= 4 is 0 Å². The zero-order valence-electron chi connectivity index (χ0n) is 13.1. The average Bonchev–Trinajstić information content (AvgIpc) is 3.12. The number of phenols is 1. The van der Waals surface area contributed by atoms with Crippen LogP contribution in [0.15, 0.2) is 28.8 Å². The Morgan fingerprint density at radius 2 is 2.32 bits per heavy atom. The lowest BCUT2D eigenvalue weighted by atomic mass is 10.1. The molecule has 1 aromatic heterocycles. The molecule has 5 heteroatoms. The molecule has 1 aliphatic rings. The summed E-state index contributed by atoms with van der Waals surface area (Å²) in [7, 11) is 0. The Balaban J connectivity index is 1.79. The number of ether oxygens (including phenoxy) is 1. The van der Waals surface area contributed by atoms with E-state index in [0.29, 0.717) is 18.9 Å². The quantitative estimate of drug-likeness (QED) is 0.917. The molecule has 0 aliphatic carbocycles. The van der Waals surface area contributed by atoms with E-state index in [1.54, 1.807) is 6.07 Å². The molecule has 3 rings (SSSR count). The van der Waals surface area contributed by atoms with Crippen molar-refractivity contribution in [2.24, 2.45) is 0 Å². The normalized spacial score (nSPS) is 18.7. The van der Waals surface area contributed by atoms with Gasteiger partial charge in [0.15, 0.2) is 17.3 Å². The van der Waals surface area contributed by atoms with Crippen molar-refractivity contribution in [2.75, 3.05) is 13.2 Å². The number of aromatic nitrogens is 1. The molecule has 118 valence electrons. The fourth-order valence-corrected chi connectivity index (χ4v) is 3.06. The lowest BCUT2D eigenvalue weighted by molar-refractivity contribution is 0.204. The Morgan fingerprint density at radius 3 is 3.05 bits per heavy atom. The van der Waals surface area contributed by atoms with E-state index in [1.807, 2.05) is 32.0 Å². The second-order valence-corrected chi connectivity index (χ2v) is 5.70. The van der Waals surface area contributed by atoms with Gasteiger partial charge >= 0.3 is 0 Å². The van der Waals surface area contributed by atoms with E-state index in [-0.39, 0.29) is 11.8 Å². The van der Waals surface area contributed by atoms with Gasteiger partial charge in [-0.15, -0.1) is 0 Å². The molecular formula is C17H22N2O3. The first kappa shape index (κ1) is 14.9. The van der Waals surface area contributed by atoms with Gasteiger partial charge in [0.2, 0.25) is 0 Å². The summed E-state index contributed by atoms with van der Waals surface area (Å²) in [6, 6.07) is 7.89. The highest BCUT2D eigenvalue weighted by molar-refractivity contribution is 5.45. The molecular weight excluding hydrogens is 280 g/mol. The summed E-state index contributed by atoms with van der Waals surface area (Å²) >= 11 is 0. The van der Waals surface area contributed by atoms with Crippen LogP contribution in [0.4, 0.5) is 0 Å². The Kier molecular flexibility index (Phi) is 4.34. The predicted octanol–water partition coefficient (Wildman–Crippen LogP) is 3.42. The summed E-state index contributed by atoms with van der Waals surface area (Å²) < 4.78 is 10.9. The van der Waals surface area contributed by atoms with Crippen molar-refractivity contribution in [3.8, 4) is 11.5 Å². The number of hydrogen-bond acceptors (Lipinski definition) is 5. The summed E-state index contributed by atoms with van der Waals surface area (Å²) in [6.45, 7) is 6.05. The Bertz CT molecular complexity index is 639. The van der Waals surface area contributed by atoms with Crippen molar-refractivity contribution in [2.45, 2.75) is 39.3 Å². The zero-order valence-corrected chi connectivity index (χ0v) is 13.1. The maximum Gasteiger partial charge on any atom is 0.162 e. The minimum atomic E-state index is 0.233. The van der Waals surface area contributed by atoms with Crippen molar-refractivity contribution in [3.63, 3.8) is 0 Å². The highest BCUT2D eigenvalue weighted by Gasteiger charge is 2.29. The van der Waals surface area contributed by atoms with Crippen LogP contribution in [0.1, 0.15) is 42.8 Å². The Hall–Kier alpha value is -2.01. The van der Waals surface area contributed by atoms with Gasteiger partial charge in [0, 0.05) is 18.2 Å². The standard InChI is InChI=1S/C17H22N2O3/c1-3-21-15-8-4-6-13(17(15)20)11-19-9-5-7-14(19)16-10-12(2)18-22-16/h4,6,8,10,14,20H,3,5,7,9,11H2,1-2H3. The maximum absolute atomic E-state index is 10.4. The lowest BCUT2D eigenvalue weighted by Crippen LogP contribution is -2.22. The molecule has 1 N–H and O–H groups in total. The van der Waals surface area contributed by atoms with Gasteiger partial charge in [0.25, 0.3) is 0 Å². The molecule has 0 bridgehead atoms. The van der Waals surface area contributed by atoms with Gasteiger partial charge in [-0.2, -0.15) is 0 Å². The maximum atomic E-state index is 10.4. The number of phenolic OH excluding ortho intramolecular Hbond substituents is 1. The minimum absolute atomic E-state index is 0.233. The highest BCUT2D eigenvalue weighted by atomic mass is 16.5. The number of nitrogens with zero attached hydrogens (tertiary/aromatic N) is 2. The highest BCUT2D eigenvalue weighted by Crippen LogP contribution is 2.36. The van der Waals surface area contributed by atoms with Crippen molar-refractivity contribution in [3.05, 3.63) is 41.3 Å². The van der Waals surface area contributed by atoms with Crippen LogP contribution in [0.3, 0.4) is 0 Å². The van der Waals surface area contributed by atoms with E-state index < -0.39 is 0 Å². The first-order valence-corrected chi connectivity index (χ1v) is 7.80. The first-order valence-electron chi connectivity index (χ1n) is 7.80. The third-order valence-corrected chi connectivity index (χ3v) is 4.09. The van der Waals surface area contributed by atoms with Crippen LogP contribution >= 0.6 is 0 Å². The molecule has 1 fully saturated rings. The fourth-order valence-electron chi connectivity index (χ4n) is 3.06.